The summed E-state index contributed by atoms with van der Waals surface area (Å²) in [4.78, 5) is 23.7. The SMILES string of the molecule is CC(C)c1ccc(C(C)NC(=O)CCNC(=O)c2ccco2)cc1. The number of rotatable bonds is 7. The summed E-state index contributed by atoms with van der Waals surface area (Å²) < 4.78 is 4.99. The van der Waals surface area contributed by atoms with Gasteiger partial charge in [-0.3, -0.25) is 9.59 Å². The van der Waals surface area contributed by atoms with Gasteiger partial charge in [-0.25, -0.2) is 0 Å². The first kappa shape index (κ1) is 17.8. The third-order valence-corrected chi connectivity index (χ3v) is 3.86. The van der Waals surface area contributed by atoms with Gasteiger partial charge in [0.25, 0.3) is 5.91 Å². The van der Waals surface area contributed by atoms with Gasteiger partial charge in [0.15, 0.2) is 5.76 Å². The van der Waals surface area contributed by atoms with Crippen molar-refractivity contribution in [3.05, 3.63) is 59.5 Å². The summed E-state index contributed by atoms with van der Waals surface area (Å²) >= 11 is 0. The maximum atomic E-state index is 12.0. The fourth-order valence-corrected chi connectivity index (χ4v) is 2.35. The molecule has 0 saturated carbocycles. The number of benzene rings is 1. The van der Waals surface area contributed by atoms with Crippen LogP contribution >= 0.6 is 0 Å². The Hall–Kier alpha value is -2.56. The Morgan fingerprint density at radius 2 is 1.71 bits per heavy atom. The Bertz CT molecular complexity index is 660. The van der Waals surface area contributed by atoms with Crippen LogP contribution in [0.1, 0.15) is 60.8 Å². The summed E-state index contributed by atoms with van der Waals surface area (Å²) in [6.45, 7) is 6.52. The lowest BCUT2D eigenvalue weighted by atomic mass is 9.99. The van der Waals surface area contributed by atoms with Crippen molar-refractivity contribution < 1.29 is 14.0 Å². The van der Waals surface area contributed by atoms with Crippen LogP contribution in [-0.4, -0.2) is 18.4 Å². The molecule has 0 spiro atoms. The minimum atomic E-state index is -0.315. The number of carbonyl (C=O) groups excluding carboxylic acids is 2. The van der Waals surface area contributed by atoms with Gasteiger partial charge in [0.05, 0.1) is 12.3 Å². The van der Waals surface area contributed by atoms with E-state index in [-0.39, 0.29) is 36.6 Å². The van der Waals surface area contributed by atoms with Crippen molar-refractivity contribution in [1.29, 1.82) is 0 Å². The van der Waals surface area contributed by atoms with E-state index in [2.05, 4.69) is 36.6 Å². The zero-order valence-electron chi connectivity index (χ0n) is 14.3. The molecule has 0 fully saturated rings. The number of hydrogen-bond donors (Lipinski definition) is 2. The minimum Gasteiger partial charge on any atom is -0.459 e. The lowest BCUT2D eigenvalue weighted by Crippen LogP contribution is -2.32. The molecule has 0 aliphatic carbocycles. The van der Waals surface area contributed by atoms with E-state index >= 15 is 0 Å². The van der Waals surface area contributed by atoms with Crippen molar-refractivity contribution in [3.8, 4) is 0 Å². The Kier molecular flexibility index (Phi) is 6.18. The van der Waals surface area contributed by atoms with Gasteiger partial charge in [-0.2, -0.15) is 0 Å². The van der Waals surface area contributed by atoms with Gasteiger partial charge < -0.3 is 15.1 Å². The summed E-state index contributed by atoms with van der Waals surface area (Å²) in [5, 5.41) is 5.60. The monoisotopic (exact) mass is 328 g/mol. The van der Waals surface area contributed by atoms with E-state index in [1.807, 2.05) is 19.1 Å². The van der Waals surface area contributed by atoms with Crippen LogP contribution in [0.25, 0.3) is 0 Å². The third kappa shape index (κ3) is 4.98. The van der Waals surface area contributed by atoms with Gasteiger partial charge in [0, 0.05) is 13.0 Å². The second-order valence-electron chi connectivity index (χ2n) is 6.09. The molecule has 2 N–H and O–H groups in total. The largest absolute Gasteiger partial charge is 0.459 e. The van der Waals surface area contributed by atoms with E-state index in [0.29, 0.717) is 5.92 Å². The molecule has 1 aromatic carbocycles. The summed E-state index contributed by atoms with van der Waals surface area (Å²) in [6.07, 6.45) is 1.66. The highest BCUT2D eigenvalue weighted by atomic mass is 16.3. The van der Waals surface area contributed by atoms with Gasteiger partial charge >= 0.3 is 0 Å². The van der Waals surface area contributed by atoms with Crippen LogP contribution in [0.15, 0.2) is 47.1 Å². The standard InChI is InChI=1S/C19H24N2O3/c1-13(2)15-6-8-16(9-7-15)14(3)21-18(22)10-11-20-19(23)17-5-4-12-24-17/h4-9,12-14H,10-11H2,1-3H3,(H,20,23)(H,21,22). The zero-order valence-corrected chi connectivity index (χ0v) is 14.3. The predicted molar refractivity (Wildman–Crippen MR) is 92.7 cm³/mol. The van der Waals surface area contributed by atoms with E-state index in [0.717, 1.165) is 5.56 Å². The first-order valence-electron chi connectivity index (χ1n) is 8.18. The quantitative estimate of drug-likeness (QED) is 0.818. The lowest BCUT2D eigenvalue weighted by molar-refractivity contribution is -0.121. The molecule has 2 aromatic rings. The predicted octanol–water partition coefficient (Wildman–Crippen LogP) is 3.40. The van der Waals surface area contributed by atoms with Crippen LogP contribution in [0, 0.1) is 0 Å². The highest BCUT2D eigenvalue weighted by Gasteiger charge is 2.12. The number of nitrogens with one attached hydrogen (secondary N) is 2. The van der Waals surface area contributed by atoms with Crippen LogP contribution in [0.4, 0.5) is 0 Å². The molecule has 0 aliphatic heterocycles. The average molecular weight is 328 g/mol. The molecule has 5 heteroatoms. The van der Waals surface area contributed by atoms with Crippen LogP contribution < -0.4 is 10.6 Å². The number of carbonyl (C=O) groups is 2. The molecule has 2 rings (SSSR count). The molecular weight excluding hydrogens is 304 g/mol. The maximum absolute atomic E-state index is 12.0. The van der Waals surface area contributed by atoms with Crippen molar-refractivity contribution in [3.63, 3.8) is 0 Å². The second kappa shape index (κ2) is 8.34. The van der Waals surface area contributed by atoms with E-state index in [9.17, 15) is 9.59 Å². The molecule has 1 heterocycles. The fourth-order valence-electron chi connectivity index (χ4n) is 2.35. The molecule has 2 amide bonds. The molecule has 0 aliphatic rings. The highest BCUT2D eigenvalue weighted by molar-refractivity contribution is 5.91. The van der Waals surface area contributed by atoms with Gasteiger partial charge in [0.2, 0.25) is 5.91 Å². The molecule has 0 saturated heterocycles. The number of amides is 2. The molecule has 1 aromatic heterocycles. The molecular formula is C19H24N2O3. The van der Waals surface area contributed by atoms with E-state index < -0.39 is 0 Å². The van der Waals surface area contributed by atoms with Crippen LogP contribution in [0.3, 0.4) is 0 Å². The van der Waals surface area contributed by atoms with Crippen molar-refractivity contribution in [2.75, 3.05) is 6.54 Å². The van der Waals surface area contributed by atoms with Crippen LogP contribution in [0.5, 0.6) is 0 Å². The third-order valence-electron chi connectivity index (χ3n) is 3.86. The van der Waals surface area contributed by atoms with Crippen molar-refractivity contribution in [2.24, 2.45) is 0 Å². The Balaban J connectivity index is 1.76. The van der Waals surface area contributed by atoms with Gasteiger partial charge in [0.1, 0.15) is 0 Å². The number of hydrogen-bond acceptors (Lipinski definition) is 3. The molecule has 24 heavy (non-hydrogen) atoms. The summed E-state index contributed by atoms with van der Waals surface area (Å²) in [5.41, 5.74) is 2.34. The molecule has 0 radical (unpaired) electrons. The first-order valence-corrected chi connectivity index (χ1v) is 8.18. The molecule has 5 nitrogen and oxygen atoms in total. The molecule has 0 bridgehead atoms. The molecule has 1 unspecified atom stereocenters. The van der Waals surface area contributed by atoms with Gasteiger partial charge in [-0.05, 0) is 36.1 Å². The molecule has 1 atom stereocenters. The zero-order chi connectivity index (χ0) is 17.5. The summed E-state index contributed by atoms with van der Waals surface area (Å²) in [7, 11) is 0. The van der Waals surface area contributed by atoms with Crippen LogP contribution in [-0.2, 0) is 4.79 Å². The maximum Gasteiger partial charge on any atom is 0.286 e. The fraction of sp³-hybridized carbons (Fsp3) is 0.368. The lowest BCUT2D eigenvalue weighted by Gasteiger charge is -2.15. The van der Waals surface area contributed by atoms with Crippen molar-refractivity contribution in [2.45, 2.75) is 39.2 Å². The van der Waals surface area contributed by atoms with E-state index in [4.69, 9.17) is 4.42 Å². The van der Waals surface area contributed by atoms with Crippen molar-refractivity contribution >= 4 is 11.8 Å². The van der Waals surface area contributed by atoms with Gasteiger partial charge in [-0.15, -0.1) is 0 Å². The summed E-state index contributed by atoms with van der Waals surface area (Å²) in [5.74, 6) is 0.316. The Morgan fingerprint density at radius 3 is 2.29 bits per heavy atom. The Labute approximate surface area is 142 Å². The van der Waals surface area contributed by atoms with E-state index in [1.165, 1.54) is 11.8 Å². The first-order chi connectivity index (χ1) is 11.5. The van der Waals surface area contributed by atoms with Crippen molar-refractivity contribution in [1.82, 2.24) is 10.6 Å². The average Bonchev–Trinajstić information content (AvgIpc) is 3.09. The number of furan rings is 1. The normalized spacial score (nSPS) is 12.0. The molecule has 128 valence electrons. The van der Waals surface area contributed by atoms with E-state index in [1.54, 1.807) is 12.1 Å². The topological polar surface area (TPSA) is 71.3 Å². The summed E-state index contributed by atoms with van der Waals surface area (Å²) in [6, 6.07) is 11.4. The van der Waals surface area contributed by atoms with Gasteiger partial charge in [-0.1, -0.05) is 38.1 Å². The van der Waals surface area contributed by atoms with Crippen LogP contribution in [0.2, 0.25) is 0 Å². The Morgan fingerprint density at radius 1 is 1.04 bits per heavy atom. The highest BCUT2D eigenvalue weighted by Crippen LogP contribution is 2.18. The minimum absolute atomic E-state index is 0.0699. The smallest absolute Gasteiger partial charge is 0.286 e. The second-order valence-corrected chi connectivity index (χ2v) is 6.09.